The van der Waals surface area contributed by atoms with E-state index in [1.807, 2.05) is 31.2 Å². The Hall–Kier alpha value is -2.60. The lowest BCUT2D eigenvalue weighted by molar-refractivity contribution is 0.532. The first-order chi connectivity index (χ1) is 11.4. The van der Waals surface area contributed by atoms with Crippen LogP contribution >= 0.6 is 0 Å². The summed E-state index contributed by atoms with van der Waals surface area (Å²) in [4.78, 5) is 4.87. The maximum Gasteiger partial charge on any atom is 0.175 e. The van der Waals surface area contributed by atoms with Crippen LogP contribution < -0.4 is 5.32 Å². The van der Waals surface area contributed by atoms with Crippen LogP contribution in [0.2, 0.25) is 0 Å². The average Bonchev–Trinajstić information content (AvgIpc) is 2.98. The van der Waals surface area contributed by atoms with Crippen molar-refractivity contribution in [3.05, 3.63) is 66.1 Å². The molecule has 0 unspecified atom stereocenters. The van der Waals surface area contributed by atoms with Gasteiger partial charge in [0, 0.05) is 23.9 Å². The molecule has 0 fully saturated rings. The lowest BCUT2D eigenvalue weighted by atomic mass is 10.1. The molecule has 0 aliphatic rings. The van der Waals surface area contributed by atoms with Gasteiger partial charge < -0.3 is 9.73 Å². The molecule has 0 amide bonds. The van der Waals surface area contributed by atoms with Crippen molar-refractivity contribution in [2.45, 2.75) is 18.4 Å². The van der Waals surface area contributed by atoms with Gasteiger partial charge in [-0.15, -0.1) is 0 Å². The minimum atomic E-state index is -3.19. The van der Waals surface area contributed by atoms with Crippen molar-refractivity contribution in [2.75, 3.05) is 11.6 Å². The number of anilines is 1. The zero-order chi connectivity index (χ0) is 17.2. The van der Waals surface area contributed by atoms with Crippen LogP contribution in [0.3, 0.4) is 0 Å². The smallest absolute Gasteiger partial charge is 0.175 e. The topological polar surface area (TPSA) is 72.2 Å². The third-order valence-electron chi connectivity index (χ3n) is 3.59. The maximum absolute atomic E-state index is 11.5. The molecule has 0 atom stereocenters. The monoisotopic (exact) mass is 342 g/mol. The van der Waals surface area contributed by atoms with Crippen LogP contribution in [-0.4, -0.2) is 19.7 Å². The summed E-state index contributed by atoms with van der Waals surface area (Å²) in [5.74, 6) is 1.62. The van der Waals surface area contributed by atoms with Gasteiger partial charge >= 0.3 is 0 Å². The molecule has 3 rings (SSSR count). The number of sulfone groups is 1. The number of benzene rings is 1. The fourth-order valence-electron chi connectivity index (χ4n) is 2.35. The predicted molar refractivity (Wildman–Crippen MR) is 93.6 cm³/mol. The van der Waals surface area contributed by atoms with Crippen LogP contribution in [0.25, 0.3) is 11.3 Å². The van der Waals surface area contributed by atoms with Crippen LogP contribution in [0, 0.1) is 6.92 Å². The van der Waals surface area contributed by atoms with Gasteiger partial charge in [-0.2, -0.15) is 0 Å². The van der Waals surface area contributed by atoms with Crippen LogP contribution in [0.1, 0.15) is 11.3 Å². The minimum absolute atomic E-state index is 0.302. The summed E-state index contributed by atoms with van der Waals surface area (Å²) in [6.07, 6.45) is 2.92. The number of hydrogen-bond donors (Lipinski definition) is 1. The number of hydrogen-bond acceptors (Lipinski definition) is 5. The summed E-state index contributed by atoms with van der Waals surface area (Å²) in [6, 6.07) is 14.4. The van der Waals surface area contributed by atoms with E-state index in [0.717, 1.165) is 28.4 Å². The SMILES string of the molecule is Cc1cc(CNc2cccc(-c3ccc(S(C)(=O)=O)cc3)n2)co1. The molecule has 0 aliphatic heterocycles. The molecule has 0 bridgehead atoms. The van der Waals surface area contributed by atoms with Gasteiger partial charge in [0.05, 0.1) is 16.9 Å². The number of furan rings is 1. The third kappa shape index (κ3) is 3.83. The quantitative estimate of drug-likeness (QED) is 0.766. The van der Waals surface area contributed by atoms with Crippen LogP contribution in [-0.2, 0) is 16.4 Å². The summed E-state index contributed by atoms with van der Waals surface area (Å²) in [5, 5.41) is 3.25. The third-order valence-corrected chi connectivity index (χ3v) is 4.71. The molecule has 2 heterocycles. The Balaban J connectivity index is 1.77. The first kappa shape index (κ1) is 16.3. The molecular formula is C18H18N2O3S. The van der Waals surface area contributed by atoms with E-state index in [0.29, 0.717) is 11.4 Å². The van der Waals surface area contributed by atoms with E-state index in [2.05, 4.69) is 10.3 Å². The Morgan fingerprint density at radius 2 is 1.88 bits per heavy atom. The zero-order valence-electron chi connectivity index (χ0n) is 13.5. The van der Waals surface area contributed by atoms with E-state index < -0.39 is 9.84 Å². The average molecular weight is 342 g/mol. The fraction of sp³-hybridized carbons (Fsp3) is 0.167. The van der Waals surface area contributed by atoms with E-state index >= 15 is 0 Å². The molecule has 24 heavy (non-hydrogen) atoms. The van der Waals surface area contributed by atoms with Crippen molar-refractivity contribution < 1.29 is 12.8 Å². The van der Waals surface area contributed by atoms with E-state index in [-0.39, 0.29) is 0 Å². The van der Waals surface area contributed by atoms with Crippen molar-refractivity contribution in [3.8, 4) is 11.3 Å². The fourth-order valence-corrected chi connectivity index (χ4v) is 2.98. The Morgan fingerprint density at radius 3 is 2.50 bits per heavy atom. The van der Waals surface area contributed by atoms with Crippen molar-refractivity contribution >= 4 is 15.7 Å². The van der Waals surface area contributed by atoms with Gasteiger partial charge in [-0.1, -0.05) is 18.2 Å². The molecule has 6 heteroatoms. The highest BCUT2D eigenvalue weighted by atomic mass is 32.2. The molecule has 2 aromatic heterocycles. The van der Waals surface area contributed by atoms with Crippen molar-refractivity contribution in [1.29, 1.82) is 0 Å². The number of nitrogens with zero attached hydrogens (tertiary/aromatic N) is 1. The largest absolute Gasteiger partial charge is 0.469 e. The summed E-state index contributed by atoms with van der Waals surface area (Å²) in [6.45, 7) is 2.53. The number of pyridine rings is 1. The van der Waals surface area contributed by atoms with Gasteiger partial charge in [-0.05, 0) is 37.3 Å². The second-order valence-corrected chi connectivity index (χ2v) is 7.64. The Labute approximate surface area is 141 Å². The first-order valence-corrected chi connectivity index (χ1v) is 9.36. The maximum atomic E-state index is 11.5. The van der Waals surface area contributed by atoms with Gasteiger partial charge in [0.25, 0.3) is 0 Å². The van der Waals surface area contributed by atoms with E-state index in [4.69, 9.17) is 4.42 Å². The summed E-state index contributed by atoms with van der Waals surface area (Å²) >= 11 is 0. The molecule has 3 aromatic rings. The lowest BCUT2D eigenvalue weighted by Crippen LogP contribution is -2.01. The standard InChI is InChI=1S/C18H18N2O3S/c1-13-10-14(12-23-13)11-19-18-5-3-4-17(20-18)15-6-8-16(9-7-15)24(2,21)22/h3-10,12H,11H2,1-2H3,(H,19,20). The predicted octanol–water partition coefficient (Wildman–Crippen LogP) is 3.67. The molecule has 1 aromatic carbocycles. The molecule has 0 radical (unpaired) electrons. The molecule has 0 saturated carbocycles. The van der Waals surface area contributed by atoms with E-state index in [9.17, 15) is 8.42 Å². The van der Waals surface area contributed by atoms with Gasteiger partial charge in [0.2, 0.25) is 0 Å². The summed E-state index contributed by atoms with van der Waals surface area (Å²) in [5.41, 5.74) is 2.70. The zero-order valence-corrected chi connectivity index (χ0v) is 14.3. The molecule has 1 N–H and O–H groups in total. The van der Waals surface area contributed by atoms with Gasteiger partial charge in [-0.3, -0.25) is 0 Å². The van der Waals surface area contributed by atoms with Gasteiger partial charge in [0.15, 0.2) is 9.84 Å². The minimum Gasteiger partial charge on any atom is -0.469 e. The van der Waals surface area contributed by atoms with Crippen LogP contribution in [0.15, 0.2) is 64.1 Å². The second kappa shape index (κ2) is 6.49. The Bertz CT molecular complexity index is 944. The molecule has 0 aliphatic carbocycles. The molecule has 0 spiro atoms. The van der Waals surface area contributed by atoms with Crippen molar-refractivity contribution in [1.82, 2.24) is 4.98 Å². The molecular weight excluding hydrogens is 324 g/mol. The molecule has 0 saturated heterocycles. The van der Waals surface area contributed by atoms with E-state index in [1.165, 1.54) is 6.26 Å². The number of aromatic nitrogens is 1. The van der Waals surface area contributed by atoms with Gasteiger partial charge in [0.1, 0.15) is 11.6 Å². The number of nitrogens with one attached hydrogen (secondary N) is 1. The Kier molecular flexibility index (Phi) is 4.40. The summed E-state index contributed by atoms with van der Waals surface area (Å²) in [7, 11) is -3.19. The Morgan fingerprint density at radius 1 is 1.12 bits per heavy atom. The normalized spacial score (nSPS) is 11.4. The molecule has 124 valence electrons. The summed E-state index contributed by atoms with van der Waals surface area (Å²) < 4.78 is 28.3. The second-order valence-electron chi connectivity index (χ2n) is 5.62. The lowest BCUT2D eigenvalue weighted by Gasteiger charge is -2.07. The highest BCUT2D eigenvalue weighted by molar-refractivity contribution is 7.90. The highest BCUT2D eigenvalue weighted by Gasteiger charge is 2.08. The van der Waals surface area contributed by atoms with Gasteiger partial charge in [-0.25, -0.2) is 13.4 Å². The molecule has 5 nitrogen and oxygen atoms in total. The number of aryl methyl sites for hydroxylation is 1. The van der Waals surface area contributed by atoms with Crippen molar-refractivity contribution in [3.63, 3.8) is 0 Å². The van der Waals surface area contributed by atoms with E-state index in [1.54, 1.807) is 30.5 Å². The van der Waals surface area contributed by atoms with Crippen LogP contribution in [0.4, 0.5) is 5.82 Å². The first-order valence-electron chi connectivity index (χ1n) is 7.47. The van der Waals surface area contributed by atoms with Crippen molar-refractivity contribution in [2.24, 2.45) is 0 Å². The van der Waals surface area contributed by atoms with Crippen LogP contribution in [0.5, 0.6) is 0 Å². The highest BCUT2D eigenvalue weighted by Crippen LogP contribution is 2.21. The number of rotatable bonds is 5.